The van der Waals surface area contributed by atoms with E-state index < -0.39 is 5.92 Å². The summed E-state index contributed by atoms with van der Waals surface area (Å²) < 4.78 is 15.7. The van der Waals surface area contributed by atoms with E-state index in [-0.39, 0.29) is 18.3 Å². The van der Waals surface area contributed by atoms with Crippen molar-refractivity contribution in [2.45, 2.75) is 13.0 Å². The van der Waals surface area contributed by atoms with Gasteiger partial charge in [0, 0.05) is 18.7 Å². The first-order chi connectivity index (χ1) is 12.6. The number of ether oxygens (including phenoxy) is 3. The fourth-order valence-electron chi connectivity index (χ4n) is 2.93. The maximum atomic E-state index is 12.1. The van der Waals surface area contributed by atoms with Gasteiger partial charge in [0.2, 0.25) is 5.91 Å². The minimum absolute atomic E-state index is 0.0783. The minimum atomic E-state index is -0.406. The molecular weight excluding hydrogens is 334 g/mol. The van der Waals surface area contributed by atoms with Crippen LogP contribution >= 0.6 is 0 Å². The van der Waals surface area contributed by atoms with E-state index in [4.69, 9.17) is 14.2 Å². The van der Waals surface area contributed by atoms with Crippen LogP contribution in [0.15, 0.2) is 48.5 Å². The highest BCUT2D eigenvalue weighted by Gasteiger charge is 2.35. The molecule has 1 atom stereocenters. The number of carbonyl (C=O) groups is 2. The van der Waals surface area contributed by atoms with Crippen LogP contribution in [0.5, 0.6) is 11.5 Å². The highest BCUT2D eigenvalue weighted by atomic mass is 16.5. The Kier molecular flexibility index (Phi) is 5.41. The fourth-order valence-corrected chi connectivity index (χ4v) is 2.93. The van der Waals surface area contributed by atoms with Crippen LogP contribution in [-0.4, -0.2) is 32.6 Å². The third-order valence-corrected chi connectivity index (χ3v) is 4.35. The smallest absolute Gasteiger partial charge is 0.311 e. The van der Waals surface area contributed by atoms with Crippen molar-refractivity contribution in [1.82, 2.24) is 0 Å². The van der Waals surface area contributed by atoms with E-state index >= 15 is 0 Å². The largest absolute Gasteiger partial charge is 0.497 e. The zero-order chi connectivity index (χ0) is 18.5. The molecule has 6 nitrogen and oxygen atoms in total. The molecule has 1 amide bonds. The SMILES string of the molecule is COC(=O)[C@H]1CC(=O)N(c2ccc(OCc3cccc(OC)c3)cc2)C1. The van der Waals surface area contributed by atoms with Gasteiger partial charge in [-0.05, 0) is 42.0 Å². The maximum absolute atomic E-state index is 12.1. The molecule has 0 spiro atoms. The molecule has 0 unspecified atom stereocenters. The number of rotatable bonds is 6. The number of nitrogens with zero attached hydrogens (tertiary/aromatic N) is 1. The zero-order valence-electron chi connectivity index (χ0n) is 14.8. The molecule has 0 aromatic heterocycles. The molecule has 0 saturated carbocycles. The van der Waals surface area contributed by atoms with Crippen molar-refractivity contribution in [2.75, 3.05) is 25.7 Å². The Bertz CT molecular complexity index is 787. The monoisotopic (exact) mass is 355 g/mol. The van der Waals surface area contributed by atoms with E-state index in [1.165, 1.54) is 7.11 Å². The van der Waals surface area contributed by atoms with Gasteiger partial charge in [-0.25, -0.2) is 0 Å². The molecular formula is C20H21NO5. The van der Waals surface area contributed by atoms with Crippen LogP contribution in [0.4, 0.5) is 5.69 Å². The number of hydrogen-bond donors (Lipinski definition) is 0. The number of methoxy groups -OCH3 is 2. The van der Waals surface area contributed by atoms with E-state index in [1.54, 1.807) is 12.0 Å². The predicted octanol–water partition coefficient (Wildman–Crippen LogP) is 2.80. The lowest BCUT2D eigenvalue weighted by atomic mass is 10.1. The standard InChI is InChI=1S/C20H21NO5/c1-24-18-5-3-4-14(10-18)13-26-17-8-6-16(7-9-17)21-12-15(11-19(21)22)20(23)25-2/h3-10,15H,11-13H2,1-2H3/t15-/m0/s1. The number of carbonyl (C=O) groups excluding carboxylic acids is 2. The molecule has 26 heavy (non-hydrogen) atoms. The molecule has 0 radical (unpaired) electrons. The van der Waals surface area contributed by atoms with Crippen LogP contribution in [0, 0.1) is 5.92 Å². The van der Waals surface area contributed by atoms with E-state index in [9.17, 15) is 9.59 Å². The lowest BCUT2D eigenvalue weighted by Gasteiger charge is -2.17. The molecule has 1 fully saturated rings. The summed E-state index contributed by atoms with van der Waals surface area (Å²) in [5, 5.41) is 0. The Balaban J connectivity index is 1.61. The van der Waals surface area contributed by atoms with Crippen LogP contribution in [0.2, 0.25) is 0 Å². The van der Waals surface area contributed by atoms with Gasteiger partial charge in [-0.3, -0.25) is 9.59 Å². The van der Waals surface area contributed by atoms with Gasteiger partial charge in [0.15, 0.2) is 0 Å². The molecule has 2 aromatic rings. The summed E-state index contributed by atoms with van der Waals surface area (Å²) >= 11 is 0. The molecule has 0 bridgehead atoms. The Labute approximate surface area is 152 Å². The first-order valence-corrected chi connectivity index (χ1v) is 8.34. The van der Waals surface area contributed by atoms with E-state index in [0.717, 1.165) is 17.0 Å². The van der Waals surface area contributed by atoms with Crippen molar-refractivity contribution in [3.05, 3.63) is 54.1 Å². The summed E-state index contributed by atoms with van der Waals surface area (Å²) in [5.41, 5.74) is 1.75. The molecule has 1 heterocycles. The van der Waals surface area contributed by atoms with Gasteiger partial charge < -0.3 is 19.1 Å². The third-order valence-electron chi connectivity index (χ3n) is 4.35. The van der Waals surface area contributed by atoms with E-state index in [1.807, 2.05) is 48.5 Å². The van der Waals surface area contributed by atoms with Crippen molar-refractivity contribution in [3.63, 3.8) is 0 Å². The number of anilines is 1. The van der Waals surface area contributed by atoms with Gasteiger partial charge in [-0.2, -0.15) is 0 Å². The molecule has 6 heteroatoms. The number of benzene rings is 2. The molecule has 0 aliphatic carbocycles. The Morgan fingerprint density at radius 1 is 1.12 bits per heavy atom. The molecule has 3 rings (SSSR count). The second-order valence-corrected chi connectivity index (χ2v) is 6.06. The Morgan fingerprint density at radius 2 is 1.88 bits per heavy atom. The molecule has 1 saturated heterocycles. The summed E-state index contributed by atoms with van der Waals surface area (Å²) in [4.78, 5) is 25.4. The lowest BCUT2D eigenvalue weighted by molar-refractivity contribution is -0.145. The predicted molar refractivity (Wildman–Crippen MR) is 96.2 cm³/mol. The van der Waals surface area contributed by atoms with Crippen LogP contribution in [0.25, 0.3) is 0 Å². The van der Waals surface area contributed by atoms with Crippen LogP contribution in [0.1, 0.15) is 12.0 Å². The van der Waals surface area contributed by atoms with Crippen molar-refractivity contribution >= 4 is 17.6 Å². The topological polar surface area (TPSA) is 65.1 Å². The minimum Gasteiger partial charge on any atom is -0.497 e. The van der Waals surface area contributed by atoms with Crippen molar-refractivity contribution in [1.29, 1.82) is 0 Å². The summed E-state index contributed by atoms with van der Waals surface area (Å²) in [7, 11) is 2.97. The quantitative estimate of drug-likeness (QED) is 0.746. The van der Waals surface area contributed by atoms with Crippen molar-refractivity contribution < 1.29 is 23.8 Å². The van der Waals surface area contributed by atoms with Crippen molar-refractivity contribution in [3.8, 4) is 11.5 Å². The van der Waals surface area contributed by atoms with E-state index in [2.05, 4.69) is 0 Å². The Hall–Kier alpha value is -3.02. The molecule has 136 valence electrons. The van der Waals surface area contributed by atoms with Gasteiger partial charge in [0.25, 0.3) is 0 Å². The normalized spacial score (nSPS) is 16.5. The van der Waals surface area contributed by atoms with Crippen molar-refractivity contribution in [2.24, 2.45) is 5.92 Å². The molecule has 1 aliphatic heterocycles. The summed E-state index contributed by atoms with van der Waals surface area (Å²) in [6, 6.07) is 14.9. The zero-order valence-corrected chi connectivity index (χ0v) is 14.8. The van der Waals surface area contributed by atoms with Gasteiger partial charge >= 0.3 is 5.97 Å². The van der Waals surface area contributed by atoms with Crippen LogP contribution in [-0.2, 0) is 20.9 Å². The molecule has 2 aromatic carbocycles. The second-order valence-electron chi connectivity index (χ2n) is 6.06. The van der Waals surface area contributed by atoms with Gasteiger partial charge in [0.1, 0.15) is 18.1 Å². The van der Waals surface area contributed by atoms with E-state index in [0.29, 0.717) is 18.9 Å². The van der Waals surface area contributed by atoms with Gasteiger partial charge in [-0.15, -0.1) is 0 Å². The number of esters is 1. The third kappa shape index (κ3) is 3.96. The van der Waals surface area contributed by atoms with Gasteiger partial charge in [0.05, 0.1) is 20.1 Å². The van der Waals surface area contributed by atoms with Gasteiger partial charge in [-0.1, -0.05) is 12.1 Å². The Morgan fingerprint density at radius 3 is 2.58 bits per heavy atom. The lowest BCUT2D eigenvalue weighted by Crippen LogP contribution is -2.26. The highest BCUT2D eigenvalue weighted by molar-refractivity contribution is 5.99. The summed E-state index contributed by atoms with van der Waals surface area (Å²) in [6.45, 7) is 0.763. The summed E-state index contributed by atoms with van der Waals surface area (Å²) in [5.74, 6) is 0.655. The fraction of sp³-hybridized carbons (Fsp3) is 0.300. The maximum Gasteiger partial charge on any atom is 0.311 e. The molecule has 1 aliphatic rings. The average molecular weight is 355 g/mol. The molecule has 0 N–H and O–H groups in total. The number of amides is 1. The first-order valence-electron chi connectivity index (χ1n) is 8.34. The first kappa shape index (κ1) is 17.8. The highest BCUT2D eigenvalue weighted by Crippen LogP contribution is 2.27. The van der Waals surface area contributed by atoms with Crippen LogP contribution in [0.3, 0.4) is 0 Å². The second kappa shape index (κ2) is 7.91. The average Bonchev–Trinajstić information content (AvgIpc) is 3.08. The number of hydrogen-bond acceptors (Lipinski definition) is 5. The summed E-state index contributed by atoms with van der Waals surface area (Å²) in [6.07, 6.45) is 0.181. The van der Waals surface area contributed by atoms with Crippen LogP contribution < -0.4 is 14.4 Å².